The van der Waals surface area contributed by atoms with Crippen molar-refractivity contribution in [3.05, 3.63) is 17.9 Å². The van der Waals surface area contributed by atoms with Crippen molar-refractivity contribution in [1.82, 2.24) is 0 Å². The minimum Gasteiger partial charge on any atom is -0.141 e. The van der Waals surface area contributed by atoms with Crippen LogP contribution in [0.4, 0.5) is 0 Å². The average molecular weight is 458 g/mol. The summed E-state index contributed by atoms with van der Waals surface area (Å²) < 4.78 is 3.64. The molecule has 6 heteroatoms. The molecule has 0 aliphatic rings. The Morgan fingerprint density at radius 1 is 0.583 bits per heavy atom. The Labute approximate surface area is 115 Å². The normalized spacial score (nSPS) is 10.5. The van der Waals surface area contributed by atoms with Crippen molar-refractivity contribution >= 4 is 89.0 Å². The Morgan fingerprint density at radius 3 is 1.08 bits per heavy atom. The van der Waals surface area contributed by atoms with Gasteiger partial charge in [0.25, 0.3) is 0 Å². The van der Waals surface area contributed by atoms with Gasteiger partial charge in [0.1, 0.15) is 0 Å². The van der Waals surface area contributed by atoms with Crippen molar-refractivity contribution in [2.75, 3.05) is 0 Å². The summed E-state index contributed by atoms with van der Waals surface area (Å²) in [6.45, 7) is 0. The quantitative estimate of drug-likeness (QED) is 0.294. The molecule has 0 heterocycles. The minimum absolute atomic E-state index is 0.806. The second-order valence-corrected chi connectivity index (χ2v) is 6.02. The molecule has 0 bridgehead atoms. The molecule has 1 aromatic rings. The first kappa shape index (κ1) is 11.9. The second-order valence-electron chi connectivity index (χ2n) is 1.95. The SMILES string of the molecule is Sc1c(S)c(Br)c(Br)c(Br)c1Br. The Bertz CT molecular complexity index is 232. The molecule has 0 aliphatic carbocycles. The molecule has 0 unspecified atom stereocenters. The van der Waals surface area contributed by atoms with Gasteiger partial charge in [0, 0.05) is 27.7 Å². The molecule has 0 aromatic heterocycles. The van der Waals surface area contributed by atoms with Crippen molar-refractivity contribution in [3.63, 3.8) is 0 Å². The van der Waals surface area contributed by atoms with Gasteiger partial charge < -0.3 is 0 Å². The van der Waals surface area contributed by atoms with E-state index in [0.717, 1.165) is 27.7 Å². The van der Waals surface area contributed by atoms with Gasteiger partial charge in [-0.15, -0.1) is 25.3 Å². The number of halogens is 4. The summed E-state index contributed by atoms with van der Waals surface area (Å²) in [6.07, 6.45) is 0. The first-order valence-corrected chi connectivity index (χ1v) is 6.77. The lowest BCUT2D eigenvalue weighted by Gasteiger charge is -2.09. The maximum absolute atomic E-state index is 4.29. The summed E-state index contributed by atoms with van der Waals surface area (Å²) in [4.78, 5) is 1.61. The molecule has 1 aromatic carbocycles. The third kappa shape index (κ3) is 2.08. The number of thiol groups is 2. The lowest BCUT2D eigenvalue weighted by molar-refractivity contribution is 1.17. The monoisotopic (exact) mass is 454 g/mol. The highest BCUT2D eigenvalue weighted by Gasteiger charge is 2.14. The van der Waals surface area contributed by atoms with E-state index in [2.05, 4.69) is 89.0 Å². The minimum atomic E-state index is 0.806. The summed E-state index contributed by atoms with van der Waals surface area (Å²) in [7, 11) is 0. The van der Waals surface area contributed by atoms with Crippen LogP contribution in [0.1, 0.15) is 0 Å². The van der Waals surface area contributed by atoms with Gasteiger partial charge >= 0.3 is 0 Å². The predicted molar refractivity (Wildman–Crippen MR) is 71.7 cm³/mol. The first-order valence-electron chi connectivity index (χ1n) is 2.70. The van der Waals surface area contributed by atoms with Gasteiger partial charge in [0.2, 0.25) is 0 Å². The summed E-state index contributed by atoms with van der Waals surface area (Å²) in [5.41, 5.74) is 0. The molecule has 0 nitrogen and oxygen atoms in total. The van der Waals surface area contributed by atoms with Crippen LogP contribution < -0.4 is 0 Å². The molecule has 0 saturated carbocycles. The van der Waals surface area contributed by atoms with Gasteiger partial charge in [0.15, 0.2) is 0 Å². The number of hydrogen-bond donors (Lipinski definition) is 2. The number of hydrogen-bond acceptors (Lipinski definition) is 2. The molecule has 1 rings (SSSR count). The van der Waals surface area contributed by atoms with Crippen molar-refractivity contribution in [3.8, 4) is 0 Å². The first-order chi connectivity index (χ1) is 5.46. The number of benzene rings is 1. The number of rotatable bonds is 0. The zero-order chi connectivity index (χ0) is 9.46. The van der Waals surface area contributed by atoms with E-state index in [1.54, 1.807) is 0 Å². The van der Waals surface area contributed by atoms with E-state index in [4.69, 9.17) is 0 Å². The molecule has 12 heavy (non-hydrogen) atoms. The Kier molecular flexibility index (Phi) is 4.54. The van der Waals surface area contributed by atoms with Crippen LogP contribution in [0.25, 0.3) is 0 Å². The van der Waals surface area contributed by atoms with Crippen LogP contribution in [0.5, 0.6) is 0 Å². The lowest BCUT2D eigenvalue weighted by atomic mass is 10.4. The summed E-state index contributed by atoms with van der Waals surface area (Å²) in [5.74, 6) is 0. The highest BCUT2D eigenvalue weighted by atomic mass is 79.9. The Hall–Kier alpha value is 1.84. The molecule has 0 atom stereocenters. The molecule has 0 radical (unpaired) electrons. The second kappa shape index (κ2) is 4.57. The van der Waals surface area contributed by atoms with Gasteiger partial charge in [-0.05, 0) is 63.7 Å². The maximum Gasteiger partial charge on any atom is 0.0483 e. The third-order valence-electron chi connectivity index (χ3n) is 1.22. The van der Waals surface area contributed by atoms with Gasteiger partial charge in [-0.1, -0.05) is 0 Å². The fourth-order valence-corrected chi connectivity index (χ4v) is 3.79. The van der Waals surface area contributed by atoms with E-state index >= 15 is 0 Å². The molecular formula is C6H2Br4S2. The van der Waals surface area contributed by atoms with Crippen molar-refractivity contribution in [2.45, 2.75) is 9.79 Å². The fraction of sp³-hybridized carbons (Fsp3) is 0. The van der Waals surface area contributed by atoms with Crippen LogP contribution in [0, 0.1) is 0 Å². The standard InChI is InChI=1S/C6H2Br4S2/c7-1-2(8)4(10)6(12)5(11)3(1)9/h11-12H. The maximum atomic E-state index is 4.29. The van der Waals surface area contributed by atoms with Crippen LogP contribution in [-0.2, 0) is 0 Å². The van der Waals surface area contributed by atoms with E-state index in [0.29, 0.717) is 0 Å². The molecule has 0 spiro atoms. The van der Waals surface area contributed by atoms with Crippen LogP contribution >= 0.6 is 89.0 Å². The van der Waals surface area contributed by atoms with Crippen LogP contribution in [0.3, 0.4) is 0 Å². The van der Waals surface area contributed by atoms with Crippen LogP contribution in [0.2, 0.25) is 0 Å². The van der Waals surface area contributed by atoms with E-state index < -0.39 is 0 Å². The van der Waals surface area contributed by atoms with Crippen molar-refractivity contribution in [1.29, 1.82) is 0 Å². The van der Waals surface area contributed by atoms with Crippen LogP contribution in [0.15, 0.2) is 27.7 Å². The fourth-order valence-electron chi connectivity index (χ4n) is 0.609. The smallest absolute Gasteiger partial charge is 0.0483 e. The third-order valence-corrected chi connectivity index (χ3v) is 7.67. The highest BCUT2D eigenvalue weighted by molar-refractivity contribution is 9.15. The summed E-state index contributed by atoms with van der Waals surface area (Å²) in [6, 6.07) is 0. The molecule has 0 N–H and O–H groups in total. The Balaban J connectivity index is 3.60. The predicted octanol–water partition coefficient (Wildman–Crippen LogP) is 5.31. The average Bonchev–Trinajstić information content (AvgIpc) is 2.08. The van der Waals surface area contributed by atoms with Gasteiger partial charge in [-0.3, -0.25) is 0 Å². The molecule has 66 valence electrons. The molecule has 0 saturated heterocycles. The van der Waals surface area contributed by atoms with Gasteiger partial charge in [0.05, 0.1) is 0 Å². The molecule has 0 aliphatic heterocycles. The van der Waals surface area contributed by atoms with Crippen LogP contribution in [-0.4, -0.2) is 0 Å². The topological polar surface area (TPSA) is 0 Å². The largest absolute Gasteiger partial charge is 0.141 e. The Morgan fingerprint density at radius 2 is 0.833 bits per heavy atom. The zero-order valence-corrected chi connectivity index (χ0v) is 13.5. The lowest BCUT2D eigenvalue weighted by Crippen LogP contribution is -1.82. The highest BCUT2D eigenvalue weighted by Crippen LogP contribution is 2.44. The van der Waals surface area contributed by atoms with Crippen molar-refractivity contribution < 1.29 is 0 Å². The summed E-state index contributed by atoms with van der Waals surface area (Å²) >= 11 is 22.2. The van der Waals surface area contributed by atoms with Gasteiger partial charge in [-0.25, -0.2) is 0 Å². The molecule has 0 amide bonds. The van der Waals surface area contributed by atoms with E-state index in [9.17, 15) is 0 Å². The van der Waals surface area contributed by atoms with E-state index in [1.807, 2.05) is 0 Å². The summed E-state index contributed by atoms with van der Waals surface area (Å²) in [5, 5.41) is 0. The van der Waals surface area contributed by atoms with E-state index in [1.165, 1.54) is 0 Å². The van der Waals surface area contributed by atoms with E-state index in [-0.39, 0.29) is 0 Å². The molecule has 0 fully saturated rings. The van der Waals surface area contributed by atoms with Crippen molar-refractivity contribution in [2.24, 2.45) is 0 Å². The van der Waals surface area contributed by atoms with Gasteiger partial charge in [-0.2, -0.15) is 0 Å². The zero-order valence-electron chi connectivity index (χ0n) is 5.41. The molecular weight excluding hydrogens is 456 g/mol.